The Morgan fingerprint density at radius 1 is 0.875 bits per heavy atom. The molecule has 5 heteroatoms. The highest BCUT2D eigenvalue weighted by Gasteiger charge is 2.07. The zero-order chi connectivity index (χ0) is 22.2. The third-order valence-corrected chi connectivity index (χ3v) is 4.90. The normalized spacial score (nSPS) is 10.8. The quantitative estimate of drug-likeness (QED) is 0.317. The molecule has 0 atom stereocenters. The fraction of sp³-hybridized carbons (Fsp3) is 0.0370. The number of hydrogen-bond acceptors (Lipinski definition) is 3. The van der Waals surface area contributed by atoms with Crippen molar-refractivity contribution in [2.24, 2.45) is 4.99 Å². The second-order valence-corrected chi connectivity index (χ2v) is 7.56. The highest BCUT2D eigenvalue weighted by Crippen LogP contribution is 2.19. The molecular formula is C27H21ClN2O2. The summed E-state index contributed by atoms with van der Waals surface area (Å²) in [5.74, 6) is 0.549. The molecule has 0 saturated carbocycles. The van der Waals surface area contributed by atoms with E-state index in [0.717, 1.165) is 16.9 Å². The zero-order valence-electron chi connectivity index (χ0n) is 17.2. The Morgan fingerprint density at radius 2 is 1.69 bits per heavy atom. The lowest BCUT2D eigenvalue weighted by atomic mass is 10.2. The summed E-state index contributed by atoms with van der Waals surface area (Å²) >= 11 is 5.98. The number of rotatable bonds is 7. The Bertz CT molecular complexity index is 1240. The topological polar surface area (TPSA) is 50.7 Å². The van der Waals surface area contributed by atoms with Gasteiger partial charge >= 0.3 is 0 Å². The van der Waals surface area contributed by atoms with Crippen molar-refractivity contribution in [3.63, 3.8) is 0 Å². The van der Waals surface area contributed by atoms with Gasteiger partial charge in [0.05, 0.1) is 5.69 Å². The van der Waals surface area contributed by atoms with Crippen LogP contribution in [0.3, 0.4) is 0 Å². The Morgan fingerprint density at radius 3 is 2.53 bits per heavy atom. The number of aliphatic imine (C=N–C) groups is 1. The number of amides is 1. The van der Waals surface area contributed by atoms with Crippen LogP contribution in [0.5, 0.6) is 5.75 Å². The highest BCUT2D eigenvalue weighted by atomic mass is 35.5. The van der Waals surface area contributed by atoms with Crippen molar-refractivity contribution < 1.29 is 9.53 Å². The van der Waals surface area contributed by atoms with Crippen molar-refractivity contribution in [1.82, 2.24) is 0 Å². The van der Waals surface area contributed by atoms with Gasteiger partial charge in [0.25, 0.3) is 5.91 Å². The molecule has 4 nitrogen and oxygen atoms in total. The van der Waals surface area contributed by atoms with Crippen LogP contribution >= 0.6 is 11.6 Å². The molecule has 32 heavy (non-hydrogen) atoms. The fourth-order valence-electron chi connectivity index (χ4n) is 3.07. The summed E-state index contributed by atoms with van der Waals surface area (Å²) in [5.41, 5.74) is 3.85. The number of halogens is 1. The number of carbonyl (C=O) groups excluding carboxylic acids is 1. The molecule has 0 radical (unpaired) electrons. The number of carbonyl (C=O) groups is 1. The molecule has 4 aromatic rings. The summed E-state index contributed by atoms with van der Waals surface area (Å²) in [6.45, 7) is 0.505. The molecule has 0 saturated heterocycles. The zero-order valence-corrected chi connectivity index (χ0v) is 18.0. The van der Waals surface area contributed by atoms with Gasteiger partial charge in [-0.1, -0.05) is 66.2 Å². The van der Waals surface area contributed by atoms with E-state index in [0.29, 0.717) is 28.6 Å². The van der Waals surface area contributed by atoms with Gasteiger partial charge in [0, 0.05) is 22.5 Å². The Hall–Kier alpha value is -3.89. The first kappa shape index (κ1) is 21.3. The molecule has 158 valence electrons. The molecule has 0 aliphatic rings. The van der Waals surface area contributed by atoms with Crippen molar-refractivity contribution in [1.29, 1.82) is 0 Å². The van der Waals surface area contributed by atoms with Crippen LogP contribution in [0.1, 0.15) is 21.5 Å². The van der Waals surface area contributed by atoms with E-state index in [-0.39, 0.29) is 5.91 Å². The molecule has 0 unspecified atom stereocenters. The second-order valence-electron chi connectivity index (χ2n) is 7.12. The first-order chi connectivity index (χ1) is 15.7. The van der Waals surface area contributed by atoms with Crippen LogP contribution < -0.4 is 10.1 Å². The smallest absolute Gasteiger partial charge is 0.255 e. The lowest BCUT2D eigenvalue weighted by Crippen LogP contribution is -2.11. The van der Waals surface area contributed by atoms with Crippen molar-refractivity contribution in [2.75, 3.05) is 5.32 Å². The van der Waals surface area contributed by atoms with Crippen molar-refractivity contribution in [2.45, 2.75) is 6.61 Å². The average molecular weight is 441 g/mol. The molecule has 0 bridgehead atoms. The summed E-state index contributed by atoms with van der Waals surface area (Å²) in [6.07, 6.45) is 1.75. The van der Waals surface area contributed by atoms with Gasteiger partial charge in [0.1, 0.15) is 12.4 Å². The SMILES string of the molecule is O=C(Nc1cccc(Cl)c1)c1cccc(N=Cc2cccc(OCc3ccccc3)c2)c1. The molecule has 0 aromatic heterocycles. The molecule has 0 fully saturated rings. The van der Waals surface area contributed by atoms with Crippen LogP contribution in [0, 0.1) is 0 Å². The Labute approximate surface area is 192 Å². The van der Waals surface area contributed by atoms with E-state index >= 15 is 0 Å². The van der Waals surface area contributed by atoms with Gasteiger partial charge in [-0.25, -0.2) is 0 Å². The van der Waals surface area contributed by atoms with Crippen LogP contribution in [-0.2, 0) is 6.61 Å². The van der Waals surface area contributed by atoms with E-state index in [4.69, 9.17) is 16.3 Å². The molecular weight excluding hydrogens is 420 g/mol. The standard InChI is InChI=1S/C27H21ClN2O2/c28-23-11-6-13-25(17-23)30-27(31)22-10-5-12-24(16-22)29-18-21-9-4-14-26(15-21)32-19-20-7-2-1-3-8-20/h1-18H,19H2,(H,30,31). The summed E-state index contributed by atoms with van der Waals surface area (Å²) in [7, 11) is 0. The van der Waals surface area contributed by atoms with E-state index in [1.54, 1.807) is 48.7 Å². The van der Waals surface area contributed by atoms with Gasteiger partial charge in [0.15, 0.2) is 0 Å². The predicted molar refractivity (Wildman–Crippen MR) is 130 cm³/mol. The van der Waals surface area contributed by atoms with Crippen molar-refractivity contribution >= 4 is 35.1 Å². The van der Waals surface area contributed by atoms with Gasteiger partial charge < -0.3 is 10.1 Å². The van der Waals surface area contributed by atoms with Crippen LogP contribution in [0.25, 0.3) is 0 Å². The molecule has 4 rings (SSSR count). The number of nitrogens with one attached hydrogen (secondary N) is 1. The van der Waals surface area contributed by atoms with Gasteiger partial charge in [0.2, 0.25) is 0 Å². The molecule has 0 heterocycles. The van der Waals surface area contributed by atoms with Crippen LogP contribution in [0.15, 0.2) is 108 Å². The van der Waals surface area contributed by atoms with Gasteiger partial charge in [-0.05, 0) is 59.7 Å². The fourth-order valence-corrected chi connectivity index (χ4v) is 3.26. The largest absolute Gasteiger partial charge is 0.489 e. The number of benzene rings is 4. The summed E-state index contributed by atoms with van der Waals surface area (Å²) in [5, 5.41) is 3.41. The average Bonchev–Trinajstić information content (AvgIpc) is 2.83. The number of ether oxygens (including phenoxy) is 1. The molecule has 0 aliphatic heterocycles. The maximum Gasteiger partial charge on any atom is 0.255 e. The second kappa shape index (κ2) is 10.4. The van der Waals surface area contributed by atoms with Crippen LogP contribution in [0.4, 0.5) is 11.4 Å². The summed E-state index contributed by atoms with van der Waals surface area (Å²) in [4.78, 5) is 17.1. The third kappa shape index (κ3) is 6.06. The summed E-state index contributed by atoms with van der Waals surface area (Å²) in [6, 6.07) is 31.9. The molecule has 1 amide bonds. The van der Waals surface area contributed by atoms with Gasteiger partial charge in [-0.3, -0.25) is 9.79 Å². The minimum atomic E-state index is -0.222. The van der Waals surface area contributed by atoms with Crippen molar-refractivity contribution in [3.05, 3.63) is 125 Å². The third-order valence-electron chi connectivity index (χ3n) is 4.66. The minimum absolute atomic E-state index is 0.222. The molecule has 4 aromatic carbocycles. The van der Waals surface area contributed by atoms with E-state index < -0.39 is 0 Å². The molecule has 0 spiro atoms. The number of nitrogens with zero attached hydrogens (tertiary/aromatic N) is 1. The minimum Gasteiger partial charge on any atom is -0.489 e. The first-order valence-corrected chi connectivity index (χ1v) is 10.5. The Kier molecular flexibility index (Phi) is 6.95. The highest BCUT2D eigenvalue weighted by molar-refractivity contribution is 6.31. The summed E-state index contributed by atoms with van der Waals surface area (Å²) < 4.78 is 5.88. The predicted octanol–water partition coefficient (Wildman–Crippen LogP) is 6.92. The Balaban J connectivity index is 1.41. The van der Waals surface area contributed by atoms with E-state index in [2.05, 4.69) is 10.3 Å². The van der Waals surface area contributed by atoms with Gasteiger partial charge in [-0.15, -0.1) is 0 Å². The lowest BCUT2D eigenvalue weighted by molar-refractivity contribution is 0.102. The van der Waals surface area contributed by atoms with E-state index in [1.807, 2.05) is 60.7 Å². The maximum atomic E-state index is 12.6. The van der Waals surface area contributed by atoms with E-state index in [1.165, 1.54) is 0 Å². The first-order valence-electron chi connectivity index (χ1n) is 10.1. The molecule has 1 N–H and O–H groups in total. The van der Waals surface area contributed by atoms with Gasteiger partial charge in [-0.2, -0.15) is 0 Å². The monoisotopic (exact) mass is 440 g/mol. The maximum absolute atomic E-state index is 12.6. The van der Waals surface area contributed by atoms with Crippen LogP contribution in [0.2, 0.25) is 5.02 Å². The van der Waals surface area contributed by atoms with E-state index in [9.17, 15) is 4.79 Å². The number of hydrogen-bond donors (Lipinski definition) is 1. The number of anilines is 1. The lowest BCUT2D eigenvalue weighted by Gasteiger charge is -2.07. The van der Waals surface area contributed by atoms with Crippen molar-refractivity contribution in [3.8, 4) is 5.75 Å². The molecule has 0 aliphatic carbocycles. The van der Waals surface area contributed by atoms with Crippen LogP contribution in [-0.4, -0.2) is 12.1 Å².